The Morgan fingerprint density at radius 1 is 1.29 bits per heavy atom. The van der Waals surface area contributed by atoms with Crippen molar-refractivity contribution < 1.29 is 4.74 Å². The molecule has 3 rings (SSSR count). The van der Waals surface area contributed by atoms with Crippen molar-refractivity contribution in [2.24, 2.45) is 0 Å². The molecule has 2 aromatic rings. The Balaban J connectivity index is 1.73. The summed E-state index contributed by atoms with van der Waals surface area (Å²) < 4.78 is 8.64. The van der Waals surface area contributed by atoms with Gasteiger partial charge in [-0.3, -0.25) is 4.68 Å². The lowest BCUT2D eigenvalue weighted by Gasteiger charge is -2.39. The summed E-state index contributed by atoms with van der Waals surface area (Å²) in [6.07, 6.45) is 5.82. The Bertz CT molecular complexity index is 565. The molecule has 0 amide bonds. The summed E-state index contributed by atoms with van der Waals surface area (Å²) in [4.78, 5) is 0. The lowest BCUT2D eigenvalue weighted by molar-refractivity contribution is 0.0362. The molecule has 1 fully saturated rings. The average Bonchev–Trinajstić information content (AvgIpc) is 3.02. The van der Waals surface area contributed by atoms with E-state index < -0.39 is 0 Å². The van der Waals surface area contributed by atoms with Crippen LogP contribution in [-0.4, -0.2) is 29.5 Å². The molecule has 1 aliphatic rings. The van der Waals surface area contributed by atoms with Crippen LogP contribution in [-0.2, 0) is 16.8 Å². The fourth-order valence-corrected chi connectivity index (χ4v) is 3.32. The van der Waals surface area contributed by atoms with Gasteiger partial charge in [-0.1, -0.05) is 28.1 Å². The smallest absolute Gasteiger partial charge is 0.0534 e. The van der Waals surface area contributed by atoms with E-state index in [0.717, 1.165) is 43.6 Å². The van der Waals surface area contributed by atoms with Gasteiger partial charge in [0.2, 0.25) is 0 Å². The Kier molecular flexibility index (Phi) is 4.73. The van der Waals surface area contributed by atoms with Gasteiger partial charge in [-0.15, -0.1) is 0 Å². The van der Waals surface area contributed by atoms with Crippen molar-refractivity contribution >= 4 is 15.9 Å². The van der Waals surface area contributed by atoms with Crippen molar-refractivity contribution in [1.29, 1.82) is 0 Å². The summed E-state index contributed by atoms with van der Waals surface area (Å²) in [6.45, 7) is 3.39. The lowest BCUT2D eigenvalue weighted by Crippen LogP contribution is -2.47. The highest BCUT2D eigenvalue weighted by Crippen LogP contribution is 2.33. The molecule has 1 aromatic carbocycles. The van der Waals surface area contributed by atoms with Gasteiger partial charge in [-0.05, 0) is 36.6 Å². The molecule has 21 heavy (non-hydrogen) atoms. The van der Waals surface area contributed by atoms with E-state index in [2.05, 4.69) is 50.6 Å². The van der Waals surface area contributed by atoms with E-state index in [1.807, 2.05) is 23.1 Å². The van der Waals surface area contributed by atoms with Crippen LogP contribution in [0.15, 0.2) is 47.2 Å². The SMILES string of the molecule is Brc1cccc(C2(NCCn3cccn3)CCOCC2)c1. The zero-order valence-corrected chi connectivity index (χ0v) is 13.6. The predicted octanol–water partition coefficient (Wildman–Crippen LogP) is 2.94. The van der Waals surface area contributed by atoms with Crippen molar-refractivity contribution in [1.82, 2.24) is 15.1 Å². The van der Waals surface area contributed by atoms with Gasteiger partial charge in [0.05, 0.1) is 6.54 Å². The van der Waals surface area contributed by atoms with Crippen molar-refractivity contribution in [2.45, 2.75) is 24.9 Å². The van der Waals surface area contributed by atoms with E-state index in [1.54, 1.807) is 0 Å². The minimum Gasteiger partial charge on any atom is -0.381 e. The molecule has 0 aliphatic carbocycles. The van der Waals surface area contributed by atoms with Crippen molar-refractivity contribution in [3.63, 3.8) is 0 Å². The minimum atomic E-state index is 0.00911. The van der Waals surface area contributed by atoms with Crippen LogP contribution in [0.25, 0.3) is 0 Å². The Morgan fingerprint density at radius 3 is 2.86 bits per heavy atom. The molecule has 2 heterocycles. The third kappa shape index (κ3) is 3.54. The number of halogens is 1. The van der Waals surface area contributed by atoms with E-state index in [0.29, 0.717) is 0 Å². The molecule has 1 aromatic heterocycles. The Hall–Kier alpha value is -1.17. The quantitative estimate of drug-likeness (QED) is 0.901. The van der Waals surface area contributed by atoms with E-state index in [1.165, 1.54) is 5.56 Å². The summed E-state index contributed by atoms with van der Waals surface area (Å²) >= 11 is 3.58. The first-order valence-electron chi connectivity index (χ1n) is 7.35. The van der Waals surface area contributed by atoms with Gasteiger partial charge in [-0.2, -0.15) is 5.10 Å². The predicted molar refractivity (Wildman–Crippen MR) is 86.1 cm³/mol. The van der Waals surface area contributed by atoms with Gasteiger partial charge in [-0.25, -0.2) is 0 Å². The largest absolute Gasteiger partial charge is 0.381 e. The van der Waals surface area contributed by atoms with Crippen LogP contribution in [0.2, 0.25) is 0 Å². The monoisotopic (exact) mass is 349 g/mol. The standard InChI is InChI=1S/C16H20BrN3O/c17-15-4-1-3-14(13-15)16(5-11-21-12-6-16)18-8-10-20-9-2-7-19-20/h1-4,7,9,13,18H,5-6,8,10-12H2. The normalized spacial score (nSPS) is 17.8. The summed E-state index contributed by atoms with van der Waals surface area (Å²) in [7, 11) is 0. The van der Waals surface area contributed by atoms with Gasteiger partial charge in [0.1, 0.15) is 0 Å². The summed E-state index contributed by atoms with van der Waals surface area (Å²) in [6, 6.07) is 10.5. The maximum Gasteiger partial charge on any atom is 0.0534 e. The van der Waals surface area contributed by atoms with Crippen molar-refractivity contribution in [3.8, 4) is 0 Å². The van der Waals surface area contributed by atoms with Gasteiger partial charge in [0.25, 0.3) is 0 Å². The second-order valence-electron chi connectivity index (χ2n) is 5.40. The lowest BCUT2D eigenvalue weighted by atomic mass is 9.82. The van der Waals surface area contributed by atoms with Gasteiger partial charge >= 0.3 is 0 Å². The summed E-state index contributed by atoms with van der Waals surface area (Å²) in [5, 5.41) is 8.01. The third-order valence-corrected chi connectivity index (χ3v) is 4.58. The molecule has 1 saturated heterocycles. The van der Waals surface area contributed by atoms with Crippen LogP contribution >= 0.6 is 15.9 Å². The number of benzene rings is 1. The first-order chi connectivity index (χ1) is 10.3. The Labute approximate surface area is 133 Å². The molecule has 0 atom stereocenters. The number of ether oxygens (including phenoxy) is 1. The van der Waals surface area contributed by atoms with Gasteiger partial charge in [0, 0.05) is 42.2 Å². The molecule has 0 spiro atoms. The van der Waals surface area contributed by atoms with Crippen LogP contribution in [0.4, 0.5) is 0 Å². The van der Waals surface area contributed by atoms with Gasteiger partial charge in [0.15, 0.2) is 0 Å². The van der Waals surface area contributed by atoms with Crippen LogP contribution in [0.1, 0.15) is 18.4 Å². The number of nitrogens with zero attached hydrogens (tertiary/aromatic N) is 2. The summed E-state index contributed by atoms with van der Waals surface area (Å²) in [5.74, 6) is 0. The highest BCUT2D eigenvalue weighted by Gasteiger charge is 2.33. The molecule has 1 N–H and O–H groups in total. The van der Waals surface area contributed by atoms with Crippen LogP contribution in [0.5, 0.6) is 0 Å². The fourth-order valence-electron chi connectivity index (χ4n) is 2.92. The maximum absolute atomic E-state index is 5.56. The number of rotatable bonds is 5. The molecular weight excluding hydrogens is 330 g/mol. The zero-order valence-electron chi connectivity index (χ0n) is 12.0. The summed E-state index contributed by atoms with van der Waals surface area (Å²) in [5.41, 5.74) is 1.34. The van der Waals surface area contributed by atoms with E-state index in [4.69, 9.17) is 4.74 Å². The molecule has 0 bridgehead atoms. The molecule has 4 nitrogen and oxygen atoms in total. The van der Waals surface area contributed by atoms with Crippen LogP contribution in [0, 0.1) is 0 Å². The van der Waals surface area contributed by atoms with Crippen molar-refractivity contribution in [3.05, 3.63) is 52.8 Å². The highest BCUT2D eigenvalue weighted by molar-refractivity contribution is 9.10. The highest BCUT2D eigenvalue weighted by atomic mass is 79.9. The maximum atomic E-state index is 5.56. The first-order valence-corrected chi connectivity index (χ1v) is 8.14. The molecule has 5 heteroatoms. The molecular formula is C16H20BrN3O. The zero-order chi connectivity index (χ0) is 14.5. The number of hydrogen-bond donors (Lipinski definition) is 1. The van der Waals surface area contributed by atoms with E-state index >= 15 is 0 Å². The van der Waals surface area contributed by atoms with Crippen LogP contribution < -0.4 is 5.32 Å². The topological polar surface area (TPSA) is 39.1 Å². The van der Waals surface area contributed by atoms with Crippen LogP contribution in [0.3, 0.4) is 0 Å². The van der Waals surface area contributed by atoms with Crippen molar-refractivity contribution in [2.75, 3.05) is 19.8 Å². The molecule has 0 saturated carbocycles. The molecule has 0 radical (unpaired) electrons. The molecule has 112 valence electrons. The van der Waals surface area contributed by atoms with Gasteiger partial charge < -0.3 is 10.1 Å². The van der Waals surface area contributed by atoms with E-state index in [-0.39, 0.29) is 5.54 Å². The second kappa shape index (κ2) is 6.73. The first kappa shape index (κ1) is 14.8. The fraction of sp³-hybridized carbons (Fsp3) is 0.438. The number of nitrogens with one attached hydrogen (secondary N) is 1. The molecule has 1 aliphatic heterocycles. The number of hydrogen-bond acceptors (Lipinski definition) is 3. The second-order valence-corrected chi connectivity index (χ2v) is 6.32. The average molecular weight is 350 g/mol. The van der Waals surface area contributed by atoms with E-state index in [9.17, 15) is 0 Å². The molecule has 0 unspecified atom stereocenters. The Morgan fingerprint density at radius 2 is 2.14 bits per heavy atom. The minimum absolute atomic E-state index is 0.00911. The number of aromatic nitrogens is 2. The third-order valence-electron chi connectivity index (χ3n) is 4.09.